The smallest absolute Gasteiger partial charge is 0.294 e. The van der Waals surface area contributed by atoms with E-state index in [9.17, 15) is 27.4 Å². The Labute approximate surface area is 321 Å². The quantitative estimate of drug-likeness (QED) is 0.0228. The van der Waals surface area contributed by atoms with Crippen LogP contribution in [0, 0.1) is 0 Å². The predicted octanol–water partition coefficient (Wildman–Crippen LogP) is 7.39. The molecule has 0 radical (unpaired) electrons. The molecule has 0 atom stereocenters. The Morgan fingerprint density at radius 2 is 1.61 bits per heavy atom. The van der Waals surface area contributed by atoms with E-state index in [2.05, 4.69) is 34.4 Å². The Kier molecular flexibility index (Phi) is 13.0. The second kappa shape index (κ2) is 17.1. The molecule has 5 rings (SSSR count). The molecule has 2 N–H and O–H groups in total. The van der Waals surface area contributed by atoms with Crippen LogP contribution in [0.4, 0.5) is 11.4 Å². The molecule has 3 aliphatic rings. The number of fused-ring (bicyclic) bond motifs is 2. The van der Waals surface area contributed by atoms with Crippen molar-refractivity contribution >= 4 is 56.8 Å². The van der Waals surface area contributed by atoms with Crippen molar-refractivity contribution in [1.82, 2.24) is 4.90 Å². The number of unbranched alkanes of at least 4 members (excludes halogenated alkanes) is 2. The van der Waals surface area contributed by atoms with Gasteiger partial charge in [0.2, 0.25) is 5.69 Å². The van der Waals surface area contributed by atoms with Crippen molar-refractivity contribution in [2.24, 2.45) is 0 Å². The van der Waals surface area contributed by atoms with Gasteiger partial charge >= 0.3 is 0 Å². The first-order chi connectivity index (χ1) is 25.6. The maximum absolute atomic E-state index is 12.5. The fourth-order valence-corrected chi connectivity index (χ4v) is 8.40. The molecule has 14 heteroatoms. The molecule has 0 fully saturated rings. The number of allylic oxidation sites excluding steroid dienone is 6. The summed E-state index contributed by atoms with van der Waals surface area (Å²) in [7, 11) is -4.33. The maximum atomic E-state index is 12.5. The van der Waals surface area contributed by atoms with Gasteiger partial charge in [-0.1, -0.05) is 37.1 Å². The third-order valence-corrected chi connectivity index (χ3v) is 11.7. The second-order valence-electron chi connectivity index (χ2n) is 14.5. The van der Waals surface area contributed by atoms with Crippen LogP contribution in [0.25, 0.3) is 0 Å². The molecular formula is C40H48N3O9S2+. The minimum absolute atomic E-state index is 0.124. The highest BCUT2D eigenvalue weighted by Crippen LogP contribution is 2.48. The lowest BCUT2D eigenvalue weighted by atomic mass is 9.81. The van der Waals surface area contributed by atoms with Crippen molar-refractivity contribution < 1.29 is 46.6 Å². The van der Waals surface area contributed by atoms with Gasteiger partial charge in [-0.3, -0.25) is 23.8 Å². The van der Waals surface area contributed by atoms with Gasteiger partial charge in [-0.05, 0) is 82.0 Å². The van der Waals surface area contributed by atoms with Crippen molar-refractivity contribution in [2.45, 2.75) is 93.8 Å². The summed E-state index contributed by atoms with van der Waals surface area (Å²) in [5.41, 5.74) is 5.11. The molecule has 0 saturated heterocycles. The Bertz CT molecular complexity index is 2040. The normalized spacial score (nSPS) is 18.3. The first-order valence-corrected chi connectivity index (χ1v) is 20.2. The average molecular weight is 779 g/mol. The summed E-state index contributed by atoms with van der Waals surface area (Å²) in [4.78, 5) is 40.0. The van der Waals surface area contributed by atoms with Crippen LogP contribution in [-0.4, -0.2) is 70.6 Å². The number of anilines is 1. The van der Waals surface area contributed by atoms with Gasteiger partial charge in [0.1, 0.15) is 12.3 Å². The third kappa shape index (κ3) is 8.85. The van der Waals surface area contributed by atoms with Gasteiger partial charge in [0, 0.05) is 83.9 Å². The van der Waals surface area contributed by atoms with E-state index in [1.54, 1.807) is 12.1 Å². The van der Waals surface area contributed by atoms with E-state index in [-0.39, 0.29) is 34.5 Å². The largest absolute Gasteiger partial charge is 0.344 e. The fourth-order valence-electron chi connectivity index (χ4n) is 7.49. The molecular weight excluding hydrogens is 731 g/mol. The van der Waals surface area contributed by atoms with Crippen LogP contribution in [0.3, 0.4) is 0 Å². The number of nitrogens with zero attached hydrogens (tertiary/aromatic N) is 3. The van der Waals surface area contributed by atoms with E-state index in [0.29, 0.717) is 25.8 Å². The zero-order valence-electron chi connectivity index (χ0n) is 31.3. The molecule has 0 aliphatic carbocycles. The van der Waals surface area contributed by atoms with Gasteiger partial charge in [-0.25, -0.2) is 5.26 Å². The first kappa shape index (κ1) is 41.0. The summed E-state index contributed by atoms with van der Waals surface area (Å²) in [6.07, 6.45) is 16.3. The van der Waals surface area contributed by atoms with Crippen LogP contribution < -0.4 is 4.90 Å². The summed E-state index contributed by atoms with van der Waals surface area (Å²) >= 11 is 0.912. The molecule has 2 aromatic carbocycles. The molecule has 54 heavy (non-hydrogen) atoms. The molecule has 0 bridgehead atoms. The van der Waals surface area contributed by atoms with Crippen LogP contribution in [0.1, 0.15) is 84.3 Å². The number of carbonyl (C=O) groups is 3. The standard InChI is InChI=1S/C40H47N3O9S2/c1-6-41-33-21-19-30(54(48,49)50)27-32(33)40(4,5)35(41)16-10-7-11-17-36-39(2,3)31-26-29(53-52-51-47)18-20-34(31)42(36)24-12-8-9-14-28(44)15-13-25-43-37(45)22-23-38(43)46/h7,10-11,16-23,26-27H,6,8-9,12-15,24-25H2,1-5H3,(H-,47,48,49,50)/p+1. The molecule has 0 saturated carbocycles. The zero-order valence-corrected chi connectivity index (χ0v) is 32.9. The van der Waals surface area contributed by atoms with Crippen molar-refractivity contribution in [3.63, 3.8) is 0 Å². The lowest BCUT2D eigenvalue weighted by Gasteiger charge is -2.25. The molecule has 2 amide bonds. The second-order valence-corrected chi connectivity index (χ2v) is 16.7. The van der Waals surface area contributed by atoms with Gasteiger partial charge in [-0.2, -0.15) is 13.0 Å². The third-order valence-electron chi connectivity index (χ3n) is 10.3. The average Bonchev–Trinajstić information content (AvgIpc) is 3.64. The highest BCUT2D eigenvalue weighted by Gasteiger charge is 2.44. The number of benzene rings is 2. The summed E-state index contributed by atoms with van der Waals surface area (Å²) < 4.78 is 40.4. The summed E-state index contributed by atoms with van der Waals surface area (Å²) in [5, 5.41) is 12.5. The molecule has 288 valence electrons. The van der Waals surface area contributed by atoms with E-state index in [0.717, 1.165) is 81.6 Å². The number of hydrogen-bond donors (Lipinski definition) is 2. The predicted molar refractivity (Wildman–Crippen MR) is 207 cm³/mol. The molecule has 12 nitrogen and oxygen atoms in total. The van der Waals surface area contributed by atoms with Gasteiger partial charge in [0.25, 0.3) is 21.9 Å². The number of imide groups is 1. The zero-order chi connectivity index (χ0) is 39.3. The van der Waals surface area contributed by atoms with E-state index in [1.807, 2.05) is 63.3 Å². The van der Waals surface area contributed by atoms with E-state index in [4.69, 9.17) is 9.59 Å². The maximum Gasteiger partial charge on any atom is 0.294 e. The molecule has 0 spiro atoms. The minimum atomic E-state index is -4.33. The lowest BCUT2D eigenvalue weighted by molar-refractivity contribution is -0.438. The Hall–Kier alpha value is -4.18. The number of Topliss-reactive ketones (excluding diaryl/α,β-unsaturated/α-hetero) is 1. The molecule has 3 heterocycles. The monoisotopic (exact) mass is 778 g/mol. The van der Waals surface area contributed by atoms with Crippen molar-refractivity contribution in [3.05, 3.63) is 95.8 Å². The topological polar surface area (TPSA) is 154 Å². The van der Waals surface area contributed by atoms with Crippen LogP contribution >= 0.6 is 12.0 Å². The molecule has 3 aliphatic heterocycles. The van der Waals surface area contributed by atoms with Crippen molar-refractivity contribution in [2.75, 3.05) is 24.5 Å². The highest BCUT2D eigenvalue weighted by molar-refractivity contribution is 7.94. The van der Waals surface area contributed by atoms with Gasteiger partial charge in [0.05, 0.1) is 22.4 Å². The van der Waals surface area contributed by atoms with Gasteiger partial charge < -0.3 is 4.90 Å². The van der Waals surface area contributed by atoms with E-state index >= 15 is 0 Å². The van der Waals surface area contributed by atoms with E-state index in [1.165, 1.54) is 18.2 Å². The SMILES string of the molecule is CCN1/C(=C/C=C/C=C/C2=[N+](CCCCCC(=O)CCCN3C(=O)C=CC3=O)c3ccc(SOOO)cc3C2(C)C)C(C)(C)c2cc(S(=O)(=O)O)ccc21. The Morgan fingerprint density at radius 1 is 0.889 bits per heavy atom. The number of rotatable bonds is 18. The lowest BCUT2D eigenvalue weighted by Crippen LogP contribution is -2.31. The van der Waals surface area contributed by atoms with Crippen molar-refractivity contribution in [1.29, 1.82) is 0 Å². The number of carbonyl (C=O) groups excluding carboxylic acids is 3. The molecule has 0 unspecified atom stereocenters. The van der Waals surface area contributed by atoms with Crippen LogP contribution in [0.15, 0.2) is 94.4 Å². The number of likely N-dealkylation sites (N-methyl/N-ethyl adjacent to an activating group) is 1. The van der Waals surface area contributed by atoms with Crippen molar-refractivity contribution in [3.8, 4) is 0 Å². The highest BCUT2D eigenvalue weighted by atomic mass is 32.2. The first-order valence-electron chi connectivity index (χ1n) is 18.1. The minimum Gasteiger partial charge on any atom is -0.344 e. The van der Waals surface area contributed by atoms with Gasteiger partial charge in [-0.15, -0.1) is 4.33 Å². The van der Waals surface area contributed by atoms with Gasteiger partial charge in [0.15, 0.2) is 5.71 Å². The Morgan fingerprint density at radius 3 is 2.30 bits per heavy atom. The number of hydrogen-bond acceptors (Lipinski definition) is 10. The van der Waals surface area contributed by atoms with Crippen LogP contribution in [0.5, 0.6) is 0 Å². The molecule has 2 aromatic rings. The van der Waals surface area contributed by atoms with E-state index < -0.39 is 15.5 Å². The number of ketones is 1. The molecule has 0 aromatic heterocycles. The summed E-state index contributed by atoms with van der Waals surface area (Å²) in [6, 6.07) is 10.7. The fraction of sp³-hybridized carbons (Fsp3) is 0.400. The van der Waals surface area contributed by atoms with Crippen LogP contribution in [0.2, 0.25) is 0 Å². The van der Waals surface area contributed by atoms with Crippen LogP contribution in [-0.2, 0) is 44.7 Å². The summed E-state index contributed by atoms with van der Waals surface area (Å²) in [5.74, 6) is -0.532. The summed E-state index contributed by atoms with van der Waals surface area (Å²) in [6.45, 7) is 12.1. The Balaban J connectivity index is 1.28. The number of amides is 2.